The average Bonchev–Trinajstić information content (AvgIpc) is 3.03. The van der Waals surface area contributed by atoms with E-state index in [4.69, 9.17) is 4.99 Å². The summed E-state index contributed by atoms with van der Waals surface area (Å²) in [6.07, 6.45) is 13.1. The lowest BCUT2D eigenvalue weighted by Crippen LogP contribution is -2.54. The van der Waals surface area contributed by atoms with Gasteiger partial charge in [-0.1, -0.05) is 13.8 Å². The van der Waals surface area contributed by atoms with E-state index in [1.165, 1.54) is 56.2 Å². The summed E-state index contributed by atoms with van der Waals surface area (Å²) in [7, 11) is 0. The number of rotatable bonds is 2. The van der Waals surface area contributed by atoms with Crippen LogP contribution in [0.15, 0.2) is 23.3 Å². The second-order valence-electron chi connectivity index (χ2n) is 11.2. The zero-order chi connectivity index (χ0) is 20.2. The quantitative estimate of drug-likeness (QED) is 0.696. The van der Waals surface area contributed by atoms with Gasteiger partial charge in [-0.05, 0) is 111 Å². The Balaban J connectivity index is 1.36. The molecule has 0 radical (unpaired) electrons. The van der Waals surface area contributed by atoms with Crippen LogP contribution in [0, 0.1) is 41.4 Å². The van der Waals surface area contributed by atoms with Crippen LogP contribution in [0.3, 0.4) is 0 Å². The molecule has 1 aromatic rings. The highest BCUT2D eigenvalue weighted by Gasteiger charge is 2.59. The van der Waals surface area contributed by atoms with Crippen molar-refractivity contribution < 1.29 is 5.11 Å². The lowest BCUT2D eigenvalue weighted by Gasteiger charge is -2.60. The molecule has 3 nitrogen and oxygen atoms in total. The number of pyridine rings is 1. The fourth-order valence-electron chi connectivity index (χ4n) is 8.15. The van der Waals surface area contributed by atoms with E-state index < -0.39 is 0 Å². The number of aromatic nitrogens is 1. The third-order valence-electron chi connectivity index (χ3n) is 9.78. The Bertz CT molecular complexity index is 804. The highest BCUT2D eigenvalue weighted by Crippen LogP contribution is 2.65. The molecule has 5 rings (SSSR count). The first kappa shape index (κ1) is 19.7. The maximum absolute atomic E-state index is 10.2. The molecule has 1 aromatic heterocycles. The summed E-state index contributed by atoms with van der Waals surface area (Å²) in [6, 6.07) is 4.24. The molecule has 1 heterocycles. The minimum Gasteiger partial charge on any atom is -0.393 e. The Kier molecular flexibility index (Phi) is 4.89. The molecule has 4 saturated carbocycles. The van der Waals surface area contributed by atoms with Crippen molar-refractivity contribution in [2.45, 2.75) is 91.2 Å². The summed E-state index contributed by atoms with van der Waals surface area (Å²) in [5, 5.41) is 10.2. The van der Waals surface area contributed by atoms with Gasteiger partial charge in [0.2, 0.25) is 0 Å². The Labute approximate surface area is 176 Å². The first-order valence-electron chi connectivity index (χ1n) is 12.0. The topological polar surface area (TPSA) is 45.5 Å². The summed E-state index contributed by atoms with van der Waals surface area (Å²) in [6.45, 7) is 7.98. The number of hydrogen-bond acceptors (Lipinski definition) is 3. The van der Waals surface area contributed by atoms with Crippen molar-refractivity contribution in [1.29, 1.82) is 0 Å². The van der Waals surface area contributed by atoms with Gasteiger partial charge in [0, 0.05) is 17.3 Å². The van der Waals surface area contributed by atoms with Crippen molar-refractivity contribution in [3.8, 4) is 0 Å². The lowest BCUT2D eigenvalue weighted by molar-refractivity contribution is -0.113. The summed E-state index contributed by atoms with van der Waals surface area (Å²) < 4.78 is 0. The van der Waals surface area contributed by atoms with Crippen molar-refractivity contribution in [3.63, 3.8) is 0 Å². The first-order chi connectivity index (χ1) is 13.9. The van der Waals surface area contributed by atoms with Crippen molar-refractivity contribution in [2.24, 2.45) is 39.5 Å². The van der Waals surface area contributed by atoms with E-state index in [1.54, 1.807) is 0 Å². The van der Waals surface area contributed by atoms with Crippen LogP contribution in [-0.4, -0.2) is 21.9 Å². The fraction of sp³-hybridized carbons (Fsp3) is 0.769. The van der Waals surface area contributed by atoms with Gasteiger partial charge in [0.25, 0.3) is 0 Å². The minimum atomic E-state index is -0.0427. The molecular formula is C26H38N2O. The molecule has 4 aliphatic rings. The Hall–Kier alpha value is -1.22. The smallest absolute Gasteiger partial charge is 0.0811 e. The van der Waals surface area contributed by atoms with Gasteiger partial charge in [-0.2, -0.15) is 0 Å². The zero-order valence-electron chi connectivity index (χ0n) is 18.5. The molecule has 0 saturated heterocycles. The number of hydrogen-bond donors (Lipinski definition) is 1. The second kappa shape index (κ2) is 7.18. The predicted octanol–water partition coefficient (Wildman–Crippen LogP) is 5.73. The highest BCUT2D eigenvalue weighted by atomic mass is 16.3. The Morgan fingerprint density at radius 2 is 1.97 bits per heavy atom. The van der Waals surface area contributed by atoms with Gasteiger partial charge < -0.3 is 5.11 Å². The molecule has 7 atom stereocenters. The van der Waals surface area contributed by atoms with E-state index in [-0.39, 0.29) is 6.10 Å². The third kappa shape index (κ3) is 3.19. The Morgan fingerprint density at radius 3 is 2.79 bits per heavy atom. The van der Waals surface area contributed by atoms with E-state index in [1.807, 2.05) is 6.20 Å². The van der Waals surface area contributed by atoms with Crippen molar-refractivity contribution in [2.75, 3.05) is 0 Å². The second-order valence-corrected chi connectivity index (χ2v) is 11.2. The lowest BCUT2D eigenvalue weighted by atomic mass is 9.45. The van der Waals surface area contributed by atoms with Gasteiger partial charge in [0.05, 0.1) is 18.3 Å². The van der Waals surface area contributed by atoms with Crippen LogP contribution in [0.25, 0.3) is 0 Å². The maximum Gasteiger partial charge on any atom is 0.0811 e. The van der Waals surface area contributed by atoms with Crippen molar-refractivity contribution in [3.05, 3.63) is 29.6 Å². The molecular weight excluding hydrogens is 356 g/mol. The molecule has 0 unspecified atom stereocenters. The average molecular weight is 395 g/mol. The van der Waals surface area contributed by atoms with Gasteiger partial charge in [-0.15, -0.1) is 0 Å². The maximum atomic E-state index is 10.2. The van der Waals surface area contributed by atoms with Crippen LogP contribution >= 0.6 is 0 Å². The summed E-state index contributed by atoms with van der Waals surface area (Å²) in [5.74, 6) is 3.30. The van der Waals surface area contributed by atoms with Crippen LogP contribution in [0.1, 0.15) is 82.9 Å². The number of aliphatic hydroxyl groups is 1. The standard InChI is InChI=1S/C26H38N2O/c1-17-10-13-27-19(14-17)16-28-24-7-6-22-21-5-4-18-15-20(29)8-11-25(18,2)23(21)9-12-26(22,24)3/h10,13-14,18,20-23,29H,4-9,11-12,15-16H2,1-3H3/t18-,20-,21-,22-,23-,25-,26-/m0/s1. The Morgan fingerprint density at radius 1 is 1.10 bits per heavy atom. The molecule has 1 N–H and O–H groups in total. The fourth-order valence-corrected chi connectivity index (χ4v) is 8.15. The first-order valence-corrected chi connectivity index (χ1v) is 12.0. The molecule has 3 heteroatoms. The third-order valence-corrected chi connectivity index (χ3v) is 9.78. The zero-order valence-corrected chi connectivity index (χ0v) is 18.5. The molecule has 4 aliphatic carbocycles. The summed E-state index contributed by atoms with van der Waals surface area (Å²) >= 11 is 0. The number of aryl methyl sites for hydroxylation is 1. The summed E-state index contributed by atoms with van der Waals surface area (Å²) in [5.41, 5.74) is 4.63. The largest absolute Gasteiger partial charge is 0.393 e. The van der Waals surface area contributed by atoms with Crippen LogP contribution in [0.2, 0.25) is 0 Å². The van der Waals surface area contributed by atoms with Crippen molar-refractivity contribution in [1.82, 2.24) is 4.98 Å². The van der Waals surface area contributed by atoms with Gasteiger partial charge in [0.1, 0.15) is 0 Å². The number of aliphatic hydroxyl groups excluding tert-OH is 1. The monoisotopic (exact) mass is 394 g/mol. The number of nitrogens with zero attached hydrogens (tertiary/aromatic N) is 2. The number of aliphatic imine (C=N–C) groups is 1. The normalized spacial score (nSPS) is 45.5. The predicted molar refractivity (Wildman–Crippen MR) is 118 cm³/mol. The van der Waals surface area contributed by atoms with E-state index >= 15 is 0 Å². The van der Waals surface area contributed by atoms with Crippen LogP contribution < -0.4 is 0 Å². The molecule has 0 bridgehead atoms. The molecule has 0 aromatic carbocycles. The van der Waals surface area contributed by atoms with Gasteiger partial charge in [-0.25, -0.2) is 0 Å². The minimum absolute atomic E-state index is 0.0427. The van der Waals surface area contributed by atoms with E-state index in [9.17, 15) is 5.11 Å². The van der Waals surface area contributed by atoms with Crippen LogP contribution in [0.4, 0.5) is 0 Å². The number of fused-ring (bicyclic) bond motifs is 5. The van der Waals surface area contributed by atoms with Crippen LogP contribution in [-0.2, 0) is 6.54 Å². The van der Waals surface area contributed by atoms with Crippen LogP contribution in [0.5, 0.6) is 0 Å². The van der Waals surface area contributed by atoms with E-state index in [0.29, 0.717) is 10.8 Å². The molecule has 0 aliphatic heterocycles. The van der Waals surface area contributed by atoms with Gasteiger partial charge in [-0.3, -0.25) is 9.98 Å². The highest BCUT2D eigenvalue weighted by molar-refractivity contribution is 5.92. The van der Waals surface area contributed by atoms with Crippen molar-refractivity contribution >= 4 is 5.71 Å². The molecule has 0 amide bonds. The van der Waals surface area contributed by atoms with Gasteiger partial charge >= 0.3 is 0 Å². The van der Waals surface area contributed by atoms with Gasteiger partial charge in [0.15, 0.2) is 0 Å². The summed E-state index contributed by atoms with van der Waals surface area (Å²) in [4.78, 5) is 9.68. The molecule has 4 fully saturated rings. The van der Waals surface area contributed by atoms with E-state index in [0.717, 1.165) is 48.8 Å². The van der Waals surface area contributed by atoms with E-state index in [2.05, 4.69) is 37.9 Å². The SMILES string of the molecule is Cc1ccnc(CN=C2CC[C@H]3[C@@H]4CC[C@H]5C[C@@H](O)CC[C@]5(C)[C@H]4CC[C@]23C)c1. The molecule has 158 valence electrons. The molecule has 0 spiro atoms. The molecule has 29 heavy (non-hydrogen) atoms.